The Morgan fingerprint density at radius 2 is 0.939 bits per heavy atom. The van der Waals surface area contributed by atoms with Crippen LogP contribution in [-0.4, -0.2) is 15.0 Å². The molecule has 9 aromatic rings. The van der Waals surface area contributed by atoms with Crippen molar-refractivity contribution in [2.75, 3.05) is 0 Å². The van der Waals surface area contributed by atoms with E-state index in [2.05, 4.69) is 114 Å². The van der Waals surface area contributed by atoms with Crippen molar-refractivity contribution in [1.82, 2.24) is 15.0 Å². The second-order valence-electron chi connectivity index (χ2n) is 12.1. The summed E-state index contributed by atoms with van der Waals surface area (Å²) < 4.78 is 6.16. The van der Waals surface area contributed by atoms with E-state index in [1.165, 1.54) is 0 Å². The first-order valence-electron chi connectivity index (χ1n) is 16.3. The van der Waals surface area contributed by atoms with Crippen LogP contribution in [0.15, 0.2) is 180 Å². The van der Waals surface area contributed by atoms with Gasteiger partial charge in [-0.1, -0.05) is 109 Å². The van der Waals surface area contributed by atoms with Crippen LogP contribution in [0.4, 0.5) is 0 Å². The molecule has 6 aromatic carbocycles. The summed E-state index contributed by atoms with van der Waals surface area (Å²) in [4.78, 5) is 14.9. The van der Waals surface area contributed by atoms with Gasteiger partial charge in [-0.05, 0) is 82.9 Å². The smallest absolute Gasteiger partial charge is 0.160 e. The molecule has 0 fully saturated rings. The van der Waals surface area contributed by atoms with Gasteiger partial charge in [0.15, 0.2) is 5.82 Å². The third-order valence-corrected chi connectivity index (χ3v) is 8.92. The molecular weight excluding hydrogens is 599 g/mol. The molecule has 0 aliphatic heterocycles. The minimum Gasteiger partial charge on any atom is -0.456 e. The molecule has 0 atom stereocenters. The molecule has 49 heavy (non-hydrogen) atoms. The zero-order chi connectivity index (χ0) is 32.6. The van der Waals surface area contributed by atoms with Crippen molar-refractivity contribution in [2.45, 2.75) is 0 Å². The molecule has 4 nitrogen and oxygen atoms in total. The van der Waals surface area contributed by atoms with Crippen LogP contribution in [0.1, 0.15) is 0 Å². The van der Waals surface area contributed by atoms with Crippen molar-refractivity contribution in [3.63, 3.8) is 0 Å². The van der Waals surface area contributed by atoms with Crippen LogP contribution in [0.25, 0.3) is 89.4 Å². The van der Waals surface area contributed by atoms with E-state index < -0.39 is 0 Å². The van der Waals surface area contributed by atoms with E-state index in [0.29, 0.717) is 5.82 Å². The van der Waals surface area contributed by atoms with Gasteiger partial charge in [-0.2, -0.15) is 0 Å². The molecule has 0 saturated heterocycles. The predicted octanol–water partition coefficient (Wildman–Crippen LogP) is 11.8. The Bertz CT molecular complexity index is 2590. The van der Waals surface area contributed by atoms with Crippen molar-refractivity contribution in [1.29, 1.82) is 0 Å². The Labute approximate surface area is 284 Å². The van der Waals surface area contributed by atoms with Crippen LogP contribution in [0.3, 0.4) is 0 Å². The quantitative estimate of drug-likeness (QED) is 0.184. The van der Waals surface area contributed by atoms with Gasteiger partial charge >= 0.3 is 0 Å². The topological polar surface area (TPSA) is 51.8 Å². The molecule has 9 rings (SSSR count). The Hall–Kier alpha value is -6.65. The fourth-order valence-electron chi connectivity index (χ4n) is 6.48. The average molecular weight is 628 g/mol. The molecule has 0 unspecified atom stereocenters. The minimum atomic E-state index is 0.659. The maximum atomic E-state index is 6.16. The standard InChI is InChI=1S/C45H29N3O/c1-3-12-30(13-4-1)35-25-36(32-21-22-44-39(28-32)38-18-7-8-20-43(38)49-44)27-37(26-35)42-29-41(31-14-5-2-6-15-31)47-45(48-42)34-17-11-16-33(24-34)40-19-9-10-23-46-40/h1-29H. The van der Waals surface area contributed by atoms with E-state index in [1.807, 2.05) is 66.9 Å². The van der Waals surface area contributed by atoms with E-state index in [-0.39, 0.29) is 0 Å². The SMILES string of the molecule is c1ccc(-c2cc(-c3ccc4oc5ccccc5c4c3)cc(-c3cc(-c4ccccc4)nc(-c4cccc(-c5ccccn5)c4)n3)c2)cc1. The molecule has 0 spiro atoms. The third kappa shape index (κ3) is 5.56. The molecule has 4 heteroatoms. The number of furan rings is 1. The van der Waals surface area contributed by atoms with Crippen LogP contribution < -0.4 is 0 Å². The Balaban J connectivity index is 1.25. The maximum Gasteiger partial charge on any atom is 0.160 e. The predicted molar refractivity (Wildman–Crippen MR) is 200 cm³/mol. The largest absolute Gasteiger partial charge is 0.456 e. The van der Waals surface area contributed by atoms with Gasteiger partial charge in [0, 0.05) is 39.2 Å². The number of benzene rings is 6. The second-order valence-corrected chi connectivity index (χ2v) is 12.1. The number of nitrogens with zero attached hydrogens (tertiary/aromatic N) is 3. The highest BCUT2D eigenvalue weighted by molar-refractivity contribution is 6.06. The summed E-state index contributed by atoms with van der Waals surface area (Å²) in [6.07, 6.45) is 1.82. The fraction of sp³-hybridized carbons (Fsp3) is 0. The molecule has 3 aromatic heterocycles. The van der Waals surface area contributed by atoms with Gasteiger partial charge in [0.2, 0.25) is 0 Å². The third-order valence-electron chi connectivity index (χ3n) is 8.92. The first-order valence-corrected chi connectivity index (χ1v) is 16.3. The van der Waals surface area contributed by atoms with Crippen LogP contribution in [0, 0.1) is 0 Å². The first kappa shape index (κ1) is 28.6. The van der Waals surface area contributed by atoms with Crippen LogP contribution in [0.5, 0.6) is 0 Å². The summed E-state index contributed by atoms with van der Waals surface area (Å²) in [6.45, 7) is 0. The van der Waals surface area contributed by atoms with Gasteiger partial charge in [-0.25, -0.2) is 9.97 Å². The Morgan fingerprint density at radius 1 is 0.327 bits per heavy atom. The molecule has 0 N–H and O–H groups in total. The van der Waals surface area contributed by atoms with Gasteiger partial charge in [0.25, 0.3) is 0 Å². The number of hydrogen-bond acceptors (Lipinski definition) is 4. The van der Waals surface area contributed by atoms with Gasteiger partial charge in [-0.15, -0.1) is 0 Å². The highest BCUT2D eigenvalue weighted by atomic mass is 16.3. The average Bonchev–Trinajstić information content (AvgIpc) is 3.57. The molecule has 0 radical (unpaired) electrons. The number of rotatable bonds is 6. The zero-order valence-electron chi connectivity index (χ0n) is 26.5. The number of aromatic nitrogens is 3. The number of pyridine rings is 1. The summed E-state index contributed by atoms with van der Waals surface area (Å²) in [5.41, 5.74) is 12.8. The summed E-state index contributed by atoms with van der Waals surface area (Å²) in [7, 11) is 0. The molecule has 230 valence electrons. The lowest BCUT2D eigenvalue weighted by Crippen LogP contribution is -1.97. The van der Waals surface area contributed by atoms with E-state index in [9.17, 15) is 0 Å². The highest BCUT2D eigenvalue weighted by Crippen LogP contribution is 2.37. The first-order chi connectivity index (χ1) is 24.2. The molecule has 0 bridgehead atoms. The zero-order valence-corrected chi connectivity index (χ0v) is 26.5. The molecule has 0 aliphatic carbocycles. The van der Waals surface area contributed by atoms with Crippen LogP contribution in [0.2, 0.25) is 0 Å². The summed E-state index contributed by atoms with van der Waals surface area (Å²) >= 11 is 0. The van der Waals surface area contributed by atoms with Crippen LogP contribution >= 0.6 is 0 Å². The maximum absolute atomic E-state index is 6.16. The Kier molecular flexibility index (Phi) is 7.10. The van der Waals surface area contributed by atoms with E-state index in [4.69, 9.17) is 14.4 Å². The van der Waals surface area contributed by atoms with Gasteiger partial charge in [0.1, 0.15) is 11.2 Å². The molecule has 0 aliphatic rings. The Morgan fingerprint density at radius 3 is 1.73 bits per heavy atom. The molecule has 0 amide bonds. The lowest BCUT2D eigenvalue weighted by atomic mass is 9.94. The highest BCUT2D eigenvalue weighted by Gasteiger charge is 2.15. The second kappa shape index (κ2) is 12.2. The molecule has 0 saturated carbocycles. The van der Waals surface area contributed by atoms with Crippen molar-refractivity contribution >= 4 is 21.9 Å². The summed E-state index contributed by atoms with van der Waals surface area (Å²) in [6, 6.07) is 58.6. The van der Waals surface area contributed by atoms with E-state index in [1.54, 1.807) is 0 Å². The van der Waals surface area contributed by atoms with Crippen molar-refractivity contribution in [3.8, 4) is 67.4 Å². The lowest BCUT2D eigenvalue weighted by Gasteiger charge is -2.13. The fourth-order valence-corrected chi connectivity index (χ4v) is 6.48. The monoisotopic (exact) mass is 627 g/mol. The van der Waals surface area contributed by atoms with Crippen molar-refractivity contribution in [3.05, 3.63) is 176 Å². The summed E-state index contributed by atoms with van der Waals surface area (Å²) in [5, 5.41) is 2.21. The number of para-hydroxylation sites is 1. The van der Waals surface area contributed by atoms with Gasteiger partial charge < -0.3 is 4.42 Å². The van der Waals surface area contributed by atoms with E-state index >= 15 is 0 Å². The van der Waals surface area contributed by atoms with Crippen LogP contribution in [-0.2, 0) is 0 Å². The normalized spacial score (nSPS) is 11.3. The van der Waals surface area contributed by atoms with Crippen molar-refractivity contribution in [2.24, 2.45) is 0 Å². The molecule has 3 heterocycles. The van der Waals surface area contributed by atoms with Gasteiger partial charge in [-0.3, -0.25) is 4.98 Å². The summed E-state index contributed by atoms with van der Waals surface area (Å²) in [5.74, 6) is 0.659. The van der Waals surface area contributed by atoms with Gasteiger partial charge in [0.05, 0.1) is 17.1 Å². The number of fused-ring (bicyclic) bond motifs is 3. The molecular formula is C45H29N3O. The minimum absolute atomic E-state index is 0.659. The number of hydrogen-bond donors (Lipinski definition) is 0. The van der Waals surface area contributed by atoms with Crippen molar-refractivity contribution < 1.29 is 4.42 Å². The lowest BCUT2D eigenvalue weighted by molar-refractivity contribution is 0.669. The van der Waals surface area contributed by atoms with E-state index in [0.717, 1.165) is 83.5 Å².